The first-order valence-electron chi connectivity index (χ1n) is 11.3. The van der Waals surface area contributed by atoms with Crippen molar-refractivity contribution < 1.29 is 19.4 Å². The molecule has 0 spiro atoms. The molecule has 7 nitrogen and oxygen atoms in total. The number of ketones is 1. The summed E-state index contributed by atoms with van der Waals surface area (Å²) in [5.74, 6) is 0.982. The number of amides is 1. The number of aromatic nitrogens is 1. The molecule has 0 saturated carbocycles. The fourth-order valence-corrected chi connectivity index (χ4v) is 4.66. The van der Waals surface area contributed by atoms with Crippen molar-refractivity contribution in [3.8, 4) is 5.75 Å². The molecule has 1 atom stereocenters. The van der Waals surface area contributed by atoms with Gasteiger partial charge < -0.3 is 19.3 Å². The molecule has 170 valence electrons. The maximum absolute atomic E-state index is 12.8. The molecular weight excluding hydrogens is 406 g/mol. The molecule has 2 aliphatic rings. The summed E-state index contributed by atoms with van der Waals surface area (Å²) in [5.41, 5.74) is 3.62. The first kappa shape index (κ1) is 22.3. The number of Topliss-reactive ketones (excluding diaryl/α,β-unsaturated/α-hetero) is 1. The van der Waals surface area contributed by atoms with Crippen LogP contribution in [-0.2, 0) is 18.3 Å². The average Bonchev–Trinajstić information content (AvgIpc) is 3.20. The summed E-state index contributed by atoms with van der Waals surface area (Å²) in [6.45, 7) is 1.25. The van der Waals surface area contributed by atoms with Crippen molar-refractivity contribution in [2.75, 3.05) is 20.2 Å². The predicted octanol–water partition coefficient (Wildman–Crippen LogP) is 3.31. The van der Waals surface area contributed by atoms with Crippen molar-refractivity contribution in [1.82, 2.24) is 9.47 Å². The molecule has 1 amide bonds. The third kappa shape index (κ3) is 4.78. The van der Waals surface area contributed by atoms with E-state index >= 15 is 0 Å². The minimum absolute atomic E-state index is 0.0370. The van der Waals surface area contributed by atoms with Gasteiger partial charge in [0.15, 0.2) is 12.0 Å². The van der Waals surface area contributed by atoms with Crippen LogP contribution in [0.5, 0.6) is 5.75 Å². The normalized spacial score (nSPS) is 18.8. The molecule has 32 heavy (non-hydrogen) atoms. The maximum Gasteiger partial charge on any atom is 0.222 e. The molecular formula is C25H31N3O4. The van der Waals surface area contributed by atoms with Crippen LogP contribution in [0.3, 0.4) is 0 Å². The summed E-state index contributed by atoms with van der Waals surface area (Å²) < 4.78 is 7.18. The quantitative estimate of drug-likeness (QED) is 0.674. The van der Waals surface area contributed by atoms with Gasteiger partial charge in [0.25, 0.3) is 0 Å². The molecule has 0 aliphatic carbocycles. The van der Waals surface area contributed by atoms with Crippen LogP contribution in [0.15, 0.2) is 41.5 Å². The van der Waals surface area contributed by atoms with Crippen LogP contribution in [0, 0.1) is 5.92 Å². The first-order chi connectivity index (χ1) is 15.5. The Kier molecular flexibility index (Phi) is 6.74. The van der Waals surface area contributed by atoms with Gasteiger partial charge in [-0.1, -0.05) is 0 Å². The van der Waals surface area contributed by atoms with Crippen molar-refractivity contribution in [3.05, 3.63) is 53.3 Å². The van der Waals surface area contributed by atoms with Crippen molar-refractivity contribution in [2.45, 2.75) is 44.8 Å². The number of carbonyl (C=O) groups is 2. The number of aliphatic hydroxyl groups excluding tert-OH is 1. The summed E-state index contributed by atoms with van der Waals surface area (Å²) in [5, 5.41) is 10.2. The Labute approximate surface area is 188 Å². The summed E-state index contributed by atoms with van der Waals surface area (Å²) in [6, 6.07) is 9.14. The third-order valence-electron chi connectivity index (χ3n) is 6.64. The summed E-state index contributed by atoms with van der Waals surface area (Å²) >= 11 is 0. The zero-order valence-corrected chi connectivity index (χ0v) is 18.8. The summed E-state index contributed by atoms with van der Waals surface area (Å²) in [6.07, 6.45) is 5.16. The van der Waals surface area contributed by atoms with Gasteiger partial charge in [-0.05, 0) is 56.0 Å². The number of fused-ring (bicyclic) bond motifs is 1. The van der Waals surface area contributed by atoms with Gasteiger partial charge in [-0.25, -0.2) is 0 Å². The molecule has 1 unspecified atom stereocenters. The molecule has 0 radical (unpaired) electrons. The Bertz CT molecular complexity index is 1000. The van der Waals surface area contributed by atoms with Gasteiger partial charge in [0.1, 0.15) is 5.75 Å². The van der Waals surface area contributed by atoms with Crippen molar-refractivity contribution in [3.63, 3.8) is 0 Å². The number of nitrogens with zero attached hydrogens (tertiary/aromatic N) is 3. The van der Waals surface area contributed by atoms with Crippen LogP contribution in [0.4, 0.5) is 0 Å². The van der Waals surface area contributed by atoms with E-state index in [2.05, 4.69) is 4.99 Å². The van der Waals surface area contributed by atoms with Crippen LogP contribution < -0.4 is 4.74 Å². The number of carbonyl (C=O) groups excluding carboxylic acids is 2. The zero-order valence-electron chi connectivity index (χ0n) is 18.8. The fraction of sp³-hybridized carbons (Fsp3) is 0.480. The number of aliphatic hydroxyl groups is 1. The monoisotopic (exact) mass is 437 g/mol. The number of methoxy groups -OCH3 is 1. The number of likely N-dealkylation sites (tertiary alicyclic amines) is 1. The number of aliphatic imine (C=N–C) groups is 1. The van der Waals surface area contributed by atoms with Crippen LogP contribution in [0.25, 0.3) is 0 Å². The standard InChI is InChI=1S/C25H31N3O4/c1-27-13-12-21-22(27)16-19(26-25(21)31)4-3-5-23(29)28-14-10-18(11-15-28)24(30)17-6-8-20(32-2)9-7-17/h6-9,12-13,18,25,31H,3-5,10-11,14-16H2,1-2H3. The van der Waals surface area contributed by atoms with E-state index < -0.39 is 6.23 Å². The van der Waals surface area contributed by atoms with Crippen LogP contribution >= 0.6 is 0 Å². The first-order valence-corrected chi connectivity index (χ1v) is 11.3. The minimum atomic E-state index is -0.798. The highest BCUT2D eigenvalue weighted by molar-refractivity contribution is 5.98. The Morgan fingerprint density at radius 1 is 1.16 bits per heavy atom. The van der Waals surface area contributed by atoms with E-state index in [4.69, 9.17) is 4.74 Å². The molecule has 1 saturated heterocycles. The molecule has 7 heteroatoms. The van der Waals surface area contributed by atoms with Gasteiger partial charge >= 0.3 is 0 Å². The molecule has 3 heterocycles. The van der Waals surface area contributed by atoms with E-state index in [1.54, 1.807) is 19.2 Å². The van der Waals surface area contributed by atoms with E-state index in [0.29, 0.717) is 44.3 Å². The van der Waals surface area contributed by atoms with E-state index in [1.807, 2.05) is 40.9 Å². The van der Waals surface area contributed by atoms with Crippen LogP contribution in [-0.4, -0.2) is 52.2 Å². The third-order valence-corrected chi connectivity index (χ3v) is 6.64. The highest BCUT2D eigenvalue weighted by Crippen LogP contribution is 2.27. The number of hydrogen-bond acceptors (Lipinski definition) is 5. The highest BCUT2D eigenvalue weighted by atomic mass is 16.5. The maximum atomic E-state index is 12.8. The largest absolute Gasteiger partial charge is 0.497 e. The number of aryl methyl sites for hydroxylation is 1. The molecule has 1 aromatic carbocycles. The molecule has 2 aromatic rings. The van der Waals surface area contributed by atoms with Gasteiger partial charge in [0.05, 0.1) is 7.11 Å². The zero-order chi connectivity index (χ0) is 22.7. The van der Waals surface area contributed by atoms with Gasteiger partial charge in [0.2, 0.25) is 5.91 Å². The lowest BCUT2D eigenvalue weighted by Crippen LogP contribution is -2.40. The van der Waals surface area contributed by atoms with Crippen LogP contribution in [0.1, 0.15) is 59.9 Å². The number of hydrogen-bond donors (Lipinski definition) is 1. The number of piperidine rings is 1. The summed E-state index contributed by atoms with van der Waals surface area (Å²) in [4.78, 5) is 31.7. The smallest absolute Gasteiger partial charge is 0.222 e. The lowest BCUT2D eigenvalue weighted by atomic mass is 9.88. The molecule has 1 aromatic heterocycles. The fourth-order valence-electron chi connectivity index (χ4n) is 4.66. The lowest BCUT2D eigenvalue weighted by molar-refractivity contribution is -0.132. The second kappa shape index (κ2) is 9.69. The van der Waals surface area contributed by atoms with Crippen molar-refractivity contribution in [1.29, 1.82) is 0 Å². The van der Waals surface area contributed by atoms with Gasteiger partial charge in [-0.2, -0.15) is 0 Å². The molecule has 2 aliphatic heterocycles. The Morgan fingerprint density at radius 2 is 1.88 bits per heavy atom. The Hall–Kier alpha value is -2.93. The predicted molar refractivity (Wildman–Crippen MR) is 122 cm³/mol. The van der Waals surface area contributed by atoms with Gasteiger partial charge in [-0.3, -0.25) is 14.6 Å². The van der Waals surface area contributed by atoms with E-state index in [9.17, 15) is 14.7 Å². The molecule has 4 rings (SSSR count). The highest BCUT2D eigenvalue weighted by Gasteiger charge is 2.28. The number of rotatable bonds is 7. The van der Waals surface area contributed by atoms with Gasteiger partial charge in [0, 0.05) is 67.6 Å². The number of benzene rings is 1. The Morgan fingerprint density at radius 3 is 2.56 bits per heavy atom. The topological polar surface area (TPSA) is 84.1 Å². The second-order valence-corrected chi connectivity index (χ2v) is 8.68. The van der Waals surface area contributed by atoms with E-state index in [0.717, 1.165) is 35.6 Å². The van der Waals surface area contributed by atoms with Crippen LogP contribution in [0.2, 0.25) is 0 Å². The second-order valence-electron chi connectivity index (χ2n) is 8.68. The van der Waals surface area contributed by atoms with E-state index in [1.165, 1.54) is 0 Å². The lowest BCUT2D eigenvalue weighted by Gasteiger charge is -2.31. The summed E-state index contributed by atoms with van der Waals surface area (Å²) in [7, 11) is 3.58. The van der Waals surface area contributed by atoms with Crippen molar-refractivity contribution in [2.24, 2.45) is 18.0 Å². The van der Waals surface area contributed by atoms with Gasteiger partial charge in [-0.15, -0.1) is 0 Å². The molecule has 0 bridgehead atoms. The SMILES string of the molecule is COc1ccc(C(=O)C2CCN(C(=O)CCCC3=NC(O)c4ccn(C)c4C3)CC2)cc1. The van der Waals surface area contributed by atoms with Crippen molar-refractivity contribution >= 4 is 17.4 Å². The minimum Gasteiger partial charge on any atom is -0.497 e. The average molecular weight is 438 g/mol. The molecule has 1 N–H and O–H groups in total. The Balaban J connectivity index is 1.22. The van der Waals surface area contributed by atoms with E-state index in [-0.39, 0.29) is 17.6 Å². The molecule has 1 fully saturated rings. The number of ether oxygens (including phenoxy) is 1.